The number of piperazine rings is 1. The van der Waals surface area contributed by atoms with Crippen molar-refractivity contribution in [2.45, 2.75) is 71.6 Å². The van der Waals surface area contributed by atoms with Crippen LogP contribution >= 0.6 is 11.6 Å². The van der Waals surface area contributed by atoms with Gasteiger partial charge in [-0.2, -0.15) is 0 Å². The number of fused-ring (bicyclic) bond motifs is 1. The van der Waals surface area contributed by atoms with E-state index < -0.39 is 0 Å². The van der Waals surface area contributed by atoms with E-state index in [1.54, 1.807) is 10.9 Å². The van der Waals surface area contributed by atoms with Crippen LogP contribution in [0.4, 0.5) is 5.69 Å². The van der Waals surface area contributed by atoms with Gasteiger partial charge in [0.25, 0.3) is 5.56 Å². The van der Waals surface area contributed by atoms with Gasteiger partial charge in [-0.15, -0.1) is 0 Å². The van der Waals surface area contributed by atoms with Crippen molar-refractivity contribution in [3.8, 4) is 0 Å². The van der Waals surface area contributed by atoms with Crippen LogP contribution in [-0.2, 0) is 13.0 Å². The topological polar surface area (TPSA) is 74.5 Å². The molecule has 41 heavy (non-hydrogen) atoms. The van der Waals surface area contributed by atoms with Gasteiger partial charge in [0.2, 0.25) is 0 Å². The SMILES string of the molecule is C[C@@H]1CN(C(=N[C@@]23C[C@H]4C2[C@@H]([C@@H]3C)C4(C)C)Nc2ccc3c(=O)n(CCc4ccc(Cl)cc4)cnc3c2)C[C@H](C)N1. The molecule has 1 unspecified atom stereocenters. The minimum atomic E-state index is -0.0181. The molecule has 1 aliphatic heterocycles. The first kappa shape index (κ1) is 27.0. The summed E-state index contributed by atoms with van der Waals surface area (Å²) in [5, 5.41) is 8.71. The molecule has 8 heteroatoms. The Labute approximate surface area is 247 Å². The number of halogens is 1. The van der Waals surface area contributed by atoms with Crippen molar-refractivity contribution < 1.29 is 0 Å². The number of nitrogens with zero attached hydrogens (tertiary/aromatic N) is 4. The summed E-state index contributed by atoms with van der Waals surface area (Å²) in [6, 6.07) is 14.4. The van der Waals surface area contributed by atoms with Gasteiger partial charge in [0.15, 0.2) is 5.96 Å². The van der Waals surface area contributed by atoms with Gasteiger partial charge in [-0.05, 0) is 91.7 Å². The molecule has 2 aromatic carbocycles. The van der Waals surface area contributed by atoms with E-state index in [1.165, 1.54) is 6.42 Å². The predicted octanol–water partition coefficient (Wildman–Crippen LogP) is 5.42. The second-order valence-electron chi connectivity index (χ2n) is 13.7. The zero-order valence-corrected chi connectivity index (χ0v) is 25.4. The Bertz CT molecular complexity index is 1560. The fourth-order valence-corrected chi connectivity index (χ4v) is 8.97. The van der Waals surface area contributed by atoms with Crippen molar-refractivity contribution >= 4 is 34.2 Å². The lowest BCUT2D eigenvalue weighted by atomic mass is 9.21. The number of aromatic nitrogens is 2. The monoisotopic (exact) mass is 572 g/mol. The maximum Gasteiger partial charge on any atom is 0.261 e. The summed E-state index contributed by atoms with van der Waals surface area (Å²) >= 11 is 6.01. The number of hydrogen-bond acceptors (Lipinski definition) is 4. The highest BCUT2D eigenvalue weighted by atomic mass is 35.5. The summed E-state index contributed by atoms with van der Waals surface area (Å²) in [7, 11) is 0. The third-order valence-electron chi connectivity index (χ3n) is 10.9. The maximum atomic E-state index is 13.3. The van der Waals surface area contributed by atoms with Crippen LogP contribution in [0.3, 0.4) is 0 Å². The molecule has 2 N–H and O–H groups in total. The Kier molecular flexibility index (Phi) is 6.29. The van der Waals surface area contributed by atoms with E-state index in [2.05, 4.69) is 55.1 Å². The normalized spacial score (nSPS) is 33.4. The average Bonchev–Trinajstić information content (AvgIpc) is 2.92. The van der Waals surface area contributed by atoms with Crippen molar-refractivity contribution in [2.24, 2.45) is 34.1 Å². The quantitative estimate of drug-likeness (QED) is 0.315. The van der Waals surface area contributed by atoms with Crippen molar-refractivity contribution in [3.63, 3.8) is 0 Å². The number of aliphatic imine (C=N–C) groups is 1. The Morgan fingerprint density at radius 1 is 1.10 bits per heavy atom. The number of nitrogens with one attached hydrogen (secondary N) is 2. The van der Waals surface area contributed by atoms with Gasteiger partial charge in [0.1, 0.15) is 0 Å². The van der Waals surface area contributed by atoms with Gasteiger partial charge in [-0.1, -0.05) is 44.5 Å². The summed E-state index contributed by atoms with van der Waals surface area (Å²) < 4.78 is 1.70. The summed E-state index contributed by atoms with van der Waals surface area (Å²) in [5.41, 5.74) is 3.26. The van der Waals surface area contributed by atoms with Gasteiger partial charge in [0, 0.05) is 42.4 Å². The van der Waals surface area contributed by atoms with Crippen LogP contribution in [-0.4, -0.2) is 51.1 Å². The Morgan fingerprint density at radius 2 is 1.83 bits per heavy atom. The van der Waals surface area contributed by atoms with Crippen molar-refractivity contribution in [1.29, 1.82) is 0 Å². The fourth-order valence-electron chi connectivity index (χ4n) is 8.84. The van der Waals surface area contributed by atoms with E-state index in [0.29, 0.717) is 45.9 Å². The Morgan fingerprint density at radius 3 is 2.51 bits per heavy atom. The smallest absolute Gasteiger partial charge is 0.261 e. The average molecular weight is 573 g/mol. The molecule has 3 saturated carbocycles. The molecule has 0 bridgehead atoms. The van der Waals surface area contributed by atoms with Gasteiger partial charge in [0.05, 0.1) is 22.8 Å². The standard InChI is InChI=1S/C33H41ClN6O/c1-19-16-40(17-20(2)36-19)31(38-33-15-26-29(33)28(21(33)3)32(26,4)5)37-24-10-11-25-27(14-24)35-18-39(30(25)41)13-12-22-6-8-23(34)9-7-22/h6-11,14,18-21,26,28-29,36H,12-13,15-17H2,1-5H3,(H,37,38)/t19-,20+,21-,26-,28+,29?,33+/m0/s1. The highest BCUT2D eigenvalue weighted by Gasteiger charge is 2.83. The van der Waals surface area contributed by atoms with Gasteiger partial charge < -0.3 is 15.5 Å². The minimum absolute atomic E-state index is 0.0181. The molecule has 0 spiro atoms. The van der Waals surface area contributed by atoms with Crippen LogP contribution < -0.4 is 16.2 Å². The van der Waals surface area contributed by atoms with Crippen LogP contribution in [0.1, 0.15) is 46.6 Å². The van der Waals surface area contributed by atoms with E-state index in [0.717, 1.165) is 54.5 Å². The van der Waals surface area contributed by atoms with E-state index in [4.69, 9.17) is 16.6 Å². The lowest BCUT2D eigenvalue weighted by Gasteiger charge is -2.84. The largest absolute Gasteiger partial charge is 0.340 e. The number of benzene rings is 2. The molecule has 3 aliphatic carbocycles. The molecule has 1 saturated heterocycles. The third kappa shape index (κ3) is 4.22. The molecule has 3 aromatic rings. The van der Waals surface area contributed by atoms with Gasteiger partial charge in [-0.25, -0.2) is 9.98 Å². The van der Waals surface area contributed by atoms with Crippen LogP contribution in [0, 0.1) is 29.1 Å². The molecule has 0 radical (unpaired) electrons. The summed E-state index contributed by atoms with van der Waals surface area (Å²) in [6.45, 7) is 14.2. The van der Waals surface area contributed by atoms with Crippen LogP contribution in [0.25, 0.3) is 10.9 Å². The highest BCUT2D eigenvalue weighted by Crippen LogP contribution is 2.83. The molecule has 216 valence electrons. The van der Waals surface area contributed by atoms with Crippen molar-refractivity contribution in [1.82, 2.24) is 19.8 Å². The molecule has 1 aromatic heterocycles. The highest BCUT2D eigenvalue weighted by molar-refractivity contribution is 6.30. The van der Waals surface area contributed by atoms with E-state index >= 15 is 0 Å². The Balaban J connectivity index is 1.15. The zero-order chi connectivity index (χ0) is 28.7. The molecule has 0 amide bonds. The number of rotatable bonds is 5. The molecule has 4 aliphatic rings. The summed E-state index contributed by atoms with van der Waals surface area (Å²) in [6.07, 6.45) is 3.60. The third-order valence-corrected chi connectivity index (χ3v) is 11.1. The lowest BCUT2D eigenvalue weighted by molar-refractivity contribution is -0.339. The summed E-state index contributed by atoms with van der Waals surface area (Å²) in [5.74, 6) is 3.90. The van der Waals surface area contributed by atoms with Crippen LogP contribution in [0.15, 0.2) is 58.6 Å². The second kappa shape index (κ2) is 9.56. The lowest BCUT2D eigenvalue weighted by Crippen LogP contribution is -2.85. The van der Waals surface area contributed by atoms with Crippen LogP contribution in [0.2, 0.25) is 5.02 Å². The number of aryl methyl sites for hydroxylation is 2. The predicted molar refractivity (Wildman–Crippen MR) is 167 cm³/mol. The van der Waals surface area contributed by atoms with Crippen molar-refractivity contribution in [3.05, 3.63) is 69.7 Å². The summed E-state index contributed by atoms with van der Waals surface area (Å²) in [4.78, 5) is 26.0. The second-order valence-corrected chi connectivity index (χ2v) is 14.2. The first-order valence-corrected chi connectivity index (χ1v) is 15.6. The zero-order valence-electron chi connectivity index (χ0n) is 24.7. The van der Waals surface area contributed by atoms with Crippen molar-refractivity contribution in [2.75, 3.05) is 18.4 Å². The number of guanidine groups is 1. The first-order valence-electron chi connectivity index (χ1n) is 15.2. The first-order chi connectivity index (χ1) is 19.6. The molecular formula is C33H41ClN6O. The maximum absolute atomic E-state index is 13.3. The number of hydrogen-bond donors (Lipinski definition) is 2. The number of anilines is 1. The van der Waals surface area contributed by atoms with E-state index in [9.17, 15) is 4.79 Å². The minimum Gasteiger partial charge on any atom is -0.340 e. The fraction of sp³-hybridized carbons (Fsp3) is 0.545. The molecule has 7 nitrogen and oxygen atoms in total. The Hall–Kier alpha value is -2.90. The molecule has 7 rings (SSSR count). The van der Waals surface area contributed by atoms with E-state index in [-0.39, 0.29) is 11.1 Å². The molecule has 7 atom stereocenters. The molecule has 4 fully saturated rings. The van der Waals surface area contributed by atoms with E-state index in [1.807, 2.05) is 42.5 Å². The molecular weight excluding hydrogens is 532 g/mol. The van der Waals surface area contributed by atoms with Gasteiger partial charge in [-0.3, -0.25) is 9.36 Å². The van der Waals surface area contributed by atoms with Crippen LogP contribution in [0.5, 0.6) is 0 Å². The molecule has 2 heterocycles. The van der Waals surface area contributed by atoms with Gasteiger partial charge >= 0.3 is 0 Å².